The van der Waals surface area contributed by atoms with Crippen LogP contribution in [0.4, 0.5) is 0 Å². The standard InChI is InChI=1S/C14H29NO2.CH2O2/c1-5-7-8-9-10-11-12-14(16-3,17-4)13-15-6-2;2-1-3/h6,15H,2,5,7-13H2,1,3-4H3;1H,(H,2,3). The molecule has 0 bridgehead atoms. The quantitative estimate of drug-likeness (QED) is 0.328. The summed E-state index contributed by atoms with van der Waals surface area (Å²) < 4.78 is 11.0. The number of methoxy groups -OCH3 is 2. The average Bonchev–Trinajstić information content (AvgIpc) is 2.47. The van der Waals surface area contributed by atoms with Crippen LogP contribution in [0.1, 0.15) is 51.9 Å². The lowest BCUT2D eigenvalue weighted by Gasteiger charge is -2.31. The molecule has 0 aromatic heterocycles. The lowest BCUT2D eigenvalue weighted by Crippen LogP contribution is -2.42. The molecule has 5 nitrogen and oxygen atoms in total. The number of unbranched alkanes of at least 4 members (excludes halogenated alkanes) is 5. The average molecular weight is 289 g/mol. The molecule has 0 amide bonds. The lowest BCUT2D eigenvalue weighted by atomic mass is 10.0. The van der Waals surface area contributed by atoms with E-state index >= 15 is 0 Å². The summed E-state index contributed by atoms with van der Waals surface area (Å²) in [5, 5.41) is 9.96. The molecule has 2 N–H and O–H groups in total. The van der Waals surface area contributed by atoms with Gasteiger partial charge in [0.2, 0.25) is 0 Å². The van der Waals surface area contributed by atoms with E-state index < -0.39 is 5.79 Å². The Balaban J connectivity index is 0. The summed E-state index contributed by atoms with van der Waals surface area (Å²) in [5.41, 5.74) is 0. The summed E-state index contributed by atoms with van der Waals surface area (Å²) >= 11 is 0. The summed E-state index contributed by atoms with van der Waals surface area (Å²) in [4.78, 5) is 8.36. The molecule has 0 atom stereocenters. The van der Waals surface area contributed by atoms with Crippen LogP contribution in [0.2, 0.25) is 0 Å². The highest BCUT2D eigenvalue weighted by Gasteiger charge is 2.28. The summed E-state index contributed by atoms with van der Waals surface area (Å²) in [6, 6.07) is 0. The summed E-state index contributed by atoms with van der Waals surface area (Å²) in [7, 11) is 3.40. The molecule has 0 aromatic rings. The fourth-order valence-electron chi connectivity index (χ4n) is 1.92. The molecule has 0 aliphatic carbocycles. The van der Waals surface area contributed by atoms with E-state index in [1.165, 1.54) is 32.1 Å². The van der Waals surface area contributed by atoms with Crippen LogP contribution in [0.5, 0.6) is 0 Å². The zero-order valence-electron chi connectivity index (χ0n) is 13.2. The second kappa shape index (κ2) is 16.0. The predicted molar refractivity (Wildman–Crippen MR) is 81.6 cm³/mol. The van der Waals surface area contributed by atoms with Gasteiger partial charge in [-0.2, -0.15) is 0 Å². The Bertz CT molecular complexity index is 218. The van der Waals surface area contributed by atoms with Gasteiger partial charge in [-0.05, 0) is 12.6 Å². The van der Waals surface area contributed by atoms with Gasteiger partial charge in [-0.25, -0.2) is 0 Å². The van der Waals surface area contributed by atoms with Gasteiger partial charge < -0.3 is 19.9 Å². The highest BCUT2D eigenvalue weighted by molar-refractivity contribution is 5.32. The van der Waals surface area contributed by atoms with E-state index in [2.05, 4.69) is 18.8 Å². The van der Waals surface area contributed by atoms with Crippen molar-refractivity contribution in [2.24, 2.45) is 0 Å². The van der Waals surface area contributed by atoms with Crippen molar-refractivity contribution in [2.45, 2.75) is 57.7 Å². The van der Waals surface area contributed by atoms with E-state index in [0.29, 0.717) is 6.54 Å². The second-order valence-electron chi connectivity index (χ2n) is 4.53. The van der Waals surface area contributed by atoms with Crippen LogP contribution in [0.3, 0.4) is 0 Å². The molecule has 0 fully saturated rings. The van der Waals surface area contributed by atoms with Crippen LogP contribution in [-0.4, -0.2) is 38.1 Å². The number of hydrogen-bond donors (Lipinski definition) is 2. The number of carbonyl (C=O) groups is 1. The third-order valence-electron chi connectivity index (χ3n) is 3.17. The molecule has 20 heavy (non-hydrogen) atoms. The Morgan fingerprint density at radius 3 is 2.10 bits per heavy atom. The van der Waals surface area contributed by atoms with Gasteiger partial charge in [-0.3, -0.25) is 4.79 Å². The Morgan fingerprint density at radius 2 is 1.65 bits per heavy atom. The molecule has 0 rings (SSSR count). The van der Waals surface area contributed by atoms with Crippen LogP contribution in [0.25, 0.3) is 0 Å². The second-order valence-corrected chi connectivity index (χ2v) is 4.53. The van der Waals surface area contributed by atoms with Gasteiger partial charge in [0.25, 0.3) is 6.47 Å². The van der Waals surface area contributed by atoms with Crippen LogP contribution < -0.4 is 5.32 Å². The zero-order chi connectivity index (χ0) is 15.7. The normalized spacial score (nSPS) is 10.3. The van der Waals surface area contributed by atoms with Crippen molar-refractivity contribution in [3.8, 4) is 0 Å². The molecule has 0 spiro atoms. The third-order valence-corrected chi connectivity index (χ3v) is 3.17. The Hall–Kier alpha value is -1.07. The smallest absolute Gasteiger partial charge is 0.290 e. The number of carboxylic acid groups (broad SMARTS) is 1. The van der Waals surface area contributed by atoms with E-state index in [4.69, 9.17) is 19.4 Å². The molecular weight excluding hydrogens is 258 g/mol. The van der Waals surface area contributed by atoms with E-state index in [1.807, 2.05) is 0 Å². The molecule has 0 heterocycles. The Morgan fingerprint density at radius 1 is 1.15 bits per heavy atom. The van der Waals surface area contributed by atoms with E-state index in [1.54, 1.807) is 20.4 Å². The van der Waals surface area contributed by atoms with Crippen LogP contribution in [-0.2, 0) is 14.3 Å². The molecular formula is C15H31NO4. The summed E-state index contributed by atoms with van der Waals surface area (Å²) in [6.45, 7) is 6.28. The minimum Gasteiger partial charge on any atom is -0.483 e. The summed E-state index contributed by atoms with van der Waals surface area (Å²) in [6.07, 6.45) is 10.3. The first-order valence-electron chi connectivity index (χ1n) is 7.18. The van der Waals surface area contributed by atoms with Crippen LogP contribution in [0, 0.1) is 0 Å². The Labute approximate surface area is 123 Å². The van der Waals surface area contributed by atoms with Crippen molar-refractivity contribution in [3.05, 3.63) is 12.8 Å². The van der Waals surface area contributed by atoms with Crippen LogP contribution in [0.15, 0.2) is 12.8 Å². The topological polar surface area (TPSA) is 67.8 Å². The van der Waals surface area contributed by atoms with E-state index in [0.717, 1.165) is 12.8 Å². The summed E-state index contributed by atoms with van der Waals surface area (Å²) in [5.74, 6) is -0.501. The highest BCUT2D eigenvalue weighted by atomic mass is 16.7. The number of hydrogen-bond acceptors (Lipinski definition) is 4. The van der Waals surface area contributed by atoms with Crippen molar-refractivity contribution < 1.29 is 19.4 Å². The molecule has 0 aromatic carbocycles. The largest absolute Gasteiger partial charge is 0.483 e. The van der Waals surface area contributed by atoms with Crippen molar-refractivity contribution >= 4 is 6.47 Å². The molecule has 0 aliphatic rings. The minimum atomic E-state index is -0.501. The zero-order valence-corrected chi connectivity index (χ0v) is 13.2. The Kier molecular flexibility index (Phi) is 17.0. The molecule has 5 heteroatoms. The van der Waals surface area contributed by atoms with Crippen molar-refractivity contribution in [3.63, 3.8) is 0 Å². The fourth-order valence-corrected chi connectivity index (χ4v) is 1.92. The number of ether oxygens (including phenoxy) is 2. The number of rotatable bonds is 12. The maximum absolute atomic E-state index is 8.36. The van der Waals surface area contributed by atoms with Gasteiger partial charge in [0.1, 0.15) is 0 Å². The fraction of sp³-hybridized carbons (Fsp3) is 0.800. The SMILES string of the molecule is C=CNCC(CCCCCCCC)(OC)OC.O=CO. The molecule has 0 unspecified atom stereocenters. The molecule has 0 saturated heterocycles. The third kappa shape index (κ3) is 12.0. The number of nitrogens with one attached hydrogen (secondary N) is 1. The van der Waals surface area contributed by atoms with Crippen molar-refractivity contribution in [1.29, 1.82) is 0 Å². The first-order chi connectivity index (χ1) is 9.66. The van der Waals surface area contributed by atoms with Crippen LogP contribution >= 0.6 is 0 Å². The van der Waals surface area contributed by atoms with Gasteiger partial charge in [0.05, 0.1) is 6.54 Å². The minimum absolute atomic E-state index is 0.250. The van der Waals surface area contributed by atoms with E-state index in [9.17, 15) is 0 Å². The molecule has 120 valence electrons. The lowest BCUT2D eigenvalue weighted by molar-refractivity contribution is -0.206. The molecule has 0 aliphatic heterocycles. The predicted octanol–water partition coefficient (Wildman–Crippen LogP) is 3.16. The van der Waals surface area contributed by atoms with Gasteiger partial charge >= 0.3 is 0 Å². The monoisotopic (exact) mass is 289 g/mol. The van der Waals surface area contributed by atoms with Crippen molar-refractivity contribution in [2.75, 3.05) is 20.8 Å². The highest BCUT2D eigenvalue weighted by Crippen LogP contribution is 2.20. The molecule has 0 radical (unpaired) electrons. The molecule has 0 saturated carbocycles. The maximum atomic E-state index is 8.36. The van der Waals surface area contributed by atoms with Gasteiger partial charge in [-0.15, -0.1) is 0 Å². The first kappa shape index (κ1) is 21.2. The maximum Gasteiger partial charge on any atom is 0.290 e. The van der Waals surface area contributed by atoms with Gasteiger partial charge in [0, 0.05) is 20.6 Å². The van der Waals surface area contributed by atoms with Crippen molar-refractivity contribution in [1.82, 2.24) is 5.32 Å². The van der Waals surface area contributed by atoms with E-state index in [-0.39, 0.29) is 6.47 Å². The first-order valence-corrected chi connectivity index (χ1v) is 7.18. The van der Waals surface area contributed by atoms with Gasteiger partial charge in [-0.1, -0.05) is 45.6 Å². The van der Waals surface area contributed by atoms with Gasteiger partial charge in [0.15, 0.2) is 5.79 Å².